The monoisotopic (exact) mass is 437 g/mol. The van der Waals surface area contributed by atoms with Gasteiger partial charge >= 0.3 is 0 Å². The van der Waals surface area contributed by atoms with Gasteiger partial charge in [-0.2, -0.15) is 35.6 Å². The highest BCUT2D eigenvalue weighted by Crippen LogP contribution is 2.18. The van der Waals surface area contributed by atoms with E-state index in [1.54, 1.807) is 0 Å². The third-order valence-electron chi connectivity index (χ3n) is 4.76. The molecule has 0 atom stereocenters. The molecule has 0 unspecified atom stereocenters. The molecule has 9 heteroatoms. The van der Waals surface area contributed by atoms with Crippen LogP contribution in [0, 0.1) is 0 Å². The zero-order valence-corrected chi connectivity index (χ0v) is 18.2. The molecule has 30 heavy (non-hydrogen) atoms. The Balaban J connectivity index is 1.45. The number of benzene rings is 2. The molecule has 0 bridgehead atoms. The van der Waals surface area contributed by atoms with Crippen molar-refractivity contribution in [3.63, 3.8) is 0 Å². The zero-order valence-electron chi connectivity index (χ0n) is 16.4. The van der Waals surface area contributed by atoms with Gasteiger partial charge in [-0.25, -0.2) is 9.67 Å². The van der Waals surface area contributed by atoms with E-state index in [1.807, 2.05) is 16.8 Å². The number of aromatic amines is 1. The Morgan fingerprint density at radius 2 is 1.70 bits per heavy atom. The number of nitrogens with one attached hydrogen (secondary N) is 1. The highest BCUT2D eigenvalue weighted by molar-refractivity contribution is 7.80. The van der Waals surface area contributed by atoms with Gasteiger partial charge in [-0.1, -0.05) is 42.5 Å². The van der Waals surface area contributed by atoms with E-state index in [2.05, 4.69) is 92.4 Å². The number of hydrogen-bond donors (Lipinski definition) is 3. The van der Waals surface area contributed by atoms with E-state index in [0.29, 0.717) is 12.4 Å². The van der Waals surface area contributed by atoms with Crippen LogP contribution >= 0.6 is 25.3 Å². The average molecular weight is 438 g/mol. The predicted molar refractivity (Wildman–Crippen MR) is 123 cm³/mol. The number of rotatable bonds is 9. The summed E-state index contributed by atoms with van der Waals surface area (Å²) in [5, 5.41) is 18.9. The summed E-state index contributed by atoms with van der Waals surface area (Å²) >= 11 is 8.63. The van der Waals surface area contributed by atoms with Crippen LogP contribution < -0.4 is 0 Å². The van der Waals surface area contributed by atoms with Gasteiger partial charge in [0.2, 0.25) is 5.82 Å². The lowest BCUT2D eigenvalue weighted by atomic mass is 10.0. The maximum atomic E-state index is 4.64. The molecule has 1 N–H and O–H groups in total. The summed E-state index contributed by atoms with van der Waals surface area (Å²) in [4.78, 5) is 4.63. The standard InChI is InChI=1S/C21H23N7S2/c29-10-8-19-22-20(9-11-30)28(25-19)14-16-6-4-15(5-7-16)12-17-2-1-3-18(13-17)21-23-26-27-24-21/h1-7,13,29-30H,8-12,14H2,(H,23,24,26,27). The summed E-state index contributed by atoms with van der Waals surface area (Å²) in [6.45, 7) is 0.705. The van der Waals surface area contributed by atoms with Gasteiger partial charge in [-0.05, 0) is 45.9 Å². The van der Waals surface area contributed by atoms with Gasteiger partial charge in [0.25, 0.3) is 0 Å². The van der Waals surface area contributed by atoms with E-state index in [-0.39, 0.29) is 0 Å². The van der Waals surface area contributed by atoms with Crippen LogP contribution in [0.2, 0.25) is 0 Å². The quantitative estimate of drug-likeness (QED) is 0.351. The molecule has 2 aromatic carbocycles. The molecule has 0 amide bonds. The van der Waals surface area contributed by atoms with Crippen molar-refractivity contribution in [2.75, 3.05) is 11.5 Å². The van der Waals surface area contributed by atoms with Gasteiger partial charge in [0, 0.05) is 18.4 Å². The molecule has 7 nitrogen and oxygen atoms in total. The molecule has 0 aliphatic rings. The first-order chi connectivity index (χ1) is 14.7. The molecule has 2 heterocycles. The van der Waals surface area contributed by atoms with Crippen LogP contribution in [0.25, 0.3) is 11.4 Å². The van der Waals surface area contributed by atoms with Crippen LogP contribution in [0.4, 0.5) is 0 Å². The minimum atomic E-state index is 0.606. The molecule has 0 aliphatic carbocycles. The Morgan fingerprint density at radius 3 is 2.43 bits per heavy atom. The Bertz CT molecular complexity index is 1080. The SMILES string of the molecule is SCCc1nc(CCS)n(Cc2ccc(Cc3cccc(-c4nn[nH]n4)c3)cc2)n1. The van der Waals surface area contributed by atoms with Gasteiger partial charge in [0.1, 0.15) is 5.82 Å². The topological polar surface area (TPSA) is 85.2 Å². The van der Waals surface area contributed by atoms with E-state index in [0.717, 1.165) is 48.0 Å². The van der Waals surface area contributed by atoms with Gasteiger partial charge in [0.05, 0.1) is 6.54 Å². The molecule has 0 saturated heterocycles. The number of nitrogens with zero attached hydrogens (tertiary/aromatic N) is 6. The molecule has 0 radical (unpaired) electrons. The summed E-state index contributed by atoms with van der Waals surface area (Å²) in [5.41, 5.74) is 4.60. The molecule has 0 saturated carbocycles. The fourth-order valence-corrected chi connectivity index (χ4v) is 3.72. The van der Waals surface area contributed by atoms with E-state index in [4.69, 9.17) is 0 Å². The third-order valence-corrected chi connectivity index (χ3v) is 5.20. The maximum absolute atomic E-state index is 4.64. The molecule has 0 spiro atoms. The number of aryl methyl sites for hydroxylation is 2. The van der Waals surface area contributed by atoms with E-state index >= 15 is 0 Å². The minimum absolute atomic E-state index is 0.606. The third kappa shape index (κ3) is 5.09. The summed E-state index contributed by atoms with van der Waals surface area (Å²) in [6.07, 6.45) is 2.42. The minimum Gasteiger partial charge on any atom is -0.245 e. The second-order valence-electron chi connectivity index (χ2n) is 6.98. The summed E-state index contributed by atoms with van der Waals surface area (Å²) in [7, 11) is 0. The van der Waals surface area contributed by atoms with Crippen molar-refractivity contribution in [2.24, 2.45) is 0 Å². The lowest BCUT2D eigenvalue weighted by molar-refractivity contribution is 0.638. The van der Waals surface area contributed by atoms with Crippen LogP contribution in [0.15, 0.2) is 48.5 Å². The number of hydrogen-bond acceptors (Lipinski definition) is 7. The Kier molecular flexibility index (Phi) is 6.81. The van der Waals surface area contributed by atoms with E-state index < -0.39 is 0 Å². The molecular weight excluding hydrogens is 414 g/mol. The summed E-state index contributed by atoms with van der Waals surface area (Å²) in [6, 6.07) is 16.9. The first-order valence-corrected chi connectivity index (χ1v) is 11.1. The highest BCUT2D eigenvalue weighted by atomic mass is 32.1. The summed E-state index contributed by atoms with van der Waals surface area (Å²) in [5.74, 6) is 3.92. The van der Waals surface area contributed by atoms with Gasteiger partial charge < -0.3 is 0 Å². The highest BCUT2D eigenvalue weighted by Gasteiger charge is 2.10. The van der Waals surface area contributed by atoms with Gasteiger partial charge in [0.15, 0.2) is 5.82 Å². The lowest BCUT2D eigenvalue weighted by Crippen LogP contribution is -2.08. The fraction of sp³-hybridized carbons (Fsp3) is 0.286. The first kappa shape index (κ1) is 20.6. The Hall–Kier alpha value is -2.65. The van der Waals surface area contributed by atoms with Crippen LogP contribution in [-0.2, 0) is 25.8 Å². The molecule has 154 valence electrons. The largest absolute Gasteiger partial charge is 0.245 e. The first-order valence-electron chi connectivity index (χ1n) is 9.80. The van der Waals surface area contributed by atoms with E-state index in [9.17, 15) is 0 Å². The second kappa shape index (κ2) is 9.90. The predicted octanol–water partition coefficient (Wildman–Crippen LogP) is 3.04. The number of thiol groups is 2. The lowest BCUT2D eigenvalue weighted by Gasteiger charge is -2.08. The molecular formula is C21H23N7S2. The van der Waals surface area contributed by atoms with E-state index in [1.165, 1.54) is 16.7 Å². The van der Waals surface area contributed by atoms with Crippen molar-refractivity contribution in [1.82, 2.24) is 35.4 Å². The van der Waals surface area contributed by atoms with Crippen LogP contribution in [0.5, 0.6) is 0 Å². The van der Waals surface area contributed by atoms with Gasteiger partial charge in [-0.15, -0.1) is 10.2 Å². The van der Waals surface area contributed by atoms with Crippen molar-refractivity contribution in [1.29, 1.82) is 0 Å². The average Bonchev–Trinajstić information content (AvgIpc) is 3.41. The van der Waals surface area contributed by atoms with Crippen molar-refractivity contribution in [3.05, 3.63) is 76.9 Å². The molecule has 0 fully saturated rings. The number of H-pyrrole nitrogens is 1. The Labute approximate surface area is 186 Å². The molecule has 0 aliphatic heterocycles. The fourth-order valence-electron chi connectivity index (χ4n) is 3.32. The second-order valence-corrected chi connectivity index (χ2v) is 7.87. The normalized spacial score (nSPS) is 11.1. The zero-order chi connectivity index (χ0) is 20.8. The van der Waals surface area contributed by atoms with Gasteiger partial charge in [-0.3, -0.25) is 0 Å². The van der Waals surface area contributed by atoms with Crippen molar-refractivity contribution < 1.29 is 0 Å². The maximum Gasteiger partial charge on any atom is 0.204 e. The van der Waals surface area contributed by atoms with Crippen molar-refractivity contribution in [2.45, 2.75) is 25.8 Å². The number of tetrazole rings is 1. The Morgan fingerprint density at radius 1 is 0.900 bits per heavy atom. The van der Waals surface area contributed by atoms with Crippen molar-refractivity contribution >= 4 is 25.3 Å². The van der Waals surface area contributed by atoms with Crippen LogP contribution in [0.1, 0.15) is 28.3 Å². The summed E-state index contributed by atoms with van der Waals surface area (Å²) < 4.78 is 1.98. The smallest absolute Gasteiger partial charge is 0.204 e. The molecule has 4 aromatic rings. The van der Waals surface area contributed by atoms with Crippen molar-refractivity contribution in [3.8, 4) is 11.4 Å². The van der Waals surface area contributed by atoms with Crippen LogP contribution in [0.3, 0.4) is 0 Å². The number of aromatic nitrogens is 7. The van der Waals surface area contributed by atoms with Crippen LogP contribution in [-0.4, -0.2) is 46.9 Å². The molecule has 2 aromatic heterocycles. The molecule has 4 rings (SSSR count).